The molecule has 0 radical (unpaired) electrons. The van der Waals surface area contributed by atoms with Crippen LogP contribution in [0.1, 0.15) is 26.3 Å². The van der Waals surface area contributed by atoms with E-state index in [0.717, 1.165) is 0 Å². The number of nitrogens with one attached hydrogen (secondary N) is 1. The molecule has 0 unspecified atom stereocenters. The molecule has 3 aromatic rings. The monoisotopic (exact) mass is 494 g/mol. The number of ether oxygens (including phenoxy) is 6. The first-order chi connectivity index (χ1) is 17.4. The van der Waals surface area contributed by atoms with E-state index in [0.29, 0.717) is 45.6 Å². The van der Waals surface area contributed by atoms with Gasteiger partial charge in [-0.25, -0.2) is 10.2 Å². The minimum atomic E-state index is -0.599. The Morgan fingerprint density at radius 3 is 1.83 bits per heavy atom. The maximum Gasteiger partial charge on any atom is 0.343 e. The predicted molar refractivity (Wildman–Crippen MR) is 132 cm³/mol. The summed E-state index contributed by atoms with van der Waals surface area (Å²) in [4.78, 5) is 25.0. The van der Waals surface area contributed by atoms with Gasteiger partial charge >= 0.3 is 5.97 Å². The van der Waals surface area contributed by atoms with Gasteiger partial charge in [0.2, 0.25) is 5.75 Å². The van der Waals surface area contributed by atoms with Gasteiger partial charge in [-0.2, -0.15) is 5.10 Å². The third-order valence-electron chi connectivity index (χ3n) is 5.02. The van der Waals surface area contributed by atoms with E-state index in [2.05, 4.69) is 10.5 Å². The highest BCUT2D eigenvalue weighted by Gasteiger charge is 2.18. The second kappa shape index (κ2) is 12.1. The minimum Gasteiger partial charge on any atom is -0.493 e. The number of nitrogens with zero attached hydrogens (tertiary/aromatic N) is 1. The Hall–Kier alpha value is -4.73. The summed E-state index contributed by atoms with van der Waals surface area (Å²) < 4.78 is 31.6. The van der Waals surface area contributed by atoms with Crippen molar-refractivity contribution in [3.05, 3.63) is 71.3 Å². The van der Waals surface area contributed by atoms with Gasteiger partial charge in [-0.05, 0) is 60.2 Å². The number of carbonyl (C=O) groups excluding carboxylic acids is 2. The van der Waals surface area contributed by atoms with Crippen LogP contribution in [0.4, 0.5) is 0 Å². The number of hydrogen-bond donors (Lipinski definition) is 1. The number of benzene rings is 3. The fourth-order valence-electron chi connectivity index (χ4n) is 3.19. The molecule has 0 aliphatic carbocycles. The lowest BCUT2D eigenvalue weighted by Gasteiger charge is -2.13. The Kier molecular flexibility index (Phi) is 8.71. The molecule has 0 aliphatic rings. The molecule has 1 N–H and O–H groups in total. The van der Waals surface area contributed by atoms with Crippen molar-refractivity contribution in [1.82, 2.24) is 5.43 Å². The lowest BCUT2D eigenvalue weighted by Crippen LogP contribution is -2.17. The van der Waals surface area contributed by atoms with E-state index in [9.17, 15) is 9.59 Å². The first-order valence-corrected chi connectivity index (χ1v) is 10.6. The Morgan fingerprint density at radius 1 is 0.694 bits per heavy atom. The Bertz CT molecular complexity index is 1230. The van der Waals surface area contributed by atoms with E-state index in [1.54, 1.807) is 42.5 Å². The van der Waals surface area contributed by atoms with Crippen LogP contribution in [-0.4, -0.2) is 53.6 Å². The zero-order valence-electron chi connectivity index (χ0n) is 20.5. The molecule has 10 nitrogen and oxygen atoms in total. The summed E-state index contributed by atoms with van der Waals surface area (Å²) in [6.45, 7) is 0. The standard InChI is InChI=1S/C26H26N2O8/c1-31-20-11-8-17(12-21(20)32-2)25(29)28-27-15-16-6-9-19(10-7-16)36-26(30)18-13-22(33-3)24(35-5)23(14-18)34-4/h6-15H,1-5H3,(H,28,29). The topological polar surface area (TPSA) is 114 Å². The molecular formula is C26H26N2O8. The largest absolute Gasteiger partial charge is 0.493 e. The number of esters is 1. The van der Waals surface area contributed by atoms with Gasteiger partial charge in [-0.1, -0.05) is 0 Å². The SMILES string of the molecule is COc1ccc(C(=O)NN=Cc2ccc(OC(=O)c3cc(OC)c(OC)c(OC)c3)cc2)cc1OC. The van der Waals surface area contributed by atoms with E-state index in [1.165, 1.54) is 53.9 Å². The zero-order valence-corrected chi connectivity index (χ0v) is 20.5. The Balaban J connectivity index is 1.63. The summed E-state index contributed by atoms with van der Waals surface area (Å²) in [5, 5.41) is 3.96. The molecule has 0 saturated carbocycles. The van der Waals surface area contributed by atoms with Gasteiger partial charge in [0.25, 0.3) is 5.91 Å². The van der Waals surface area contributed by atoms with Crippen LogP contribution in [-0.2, 0) is 0 Å². The lowest BCUT2D eigenvalue weighted by atomic mass is 10.2. The number of hydrogen-bond acceptors (Lipinski definition) is 9. The maximum absolute atomic E-state index is 12.6. The van der Waals surface area contributed by atoms with E-state index >= 15 is 0 Å². The van der Waals surface area contributed by atoms with Crippen LogP contribution in [0.3, 0.4) is 0 Å². The fourth-order valence-corrected chi connectivity index (χ4v) is 3.19. The van der Waals surface area contributed by atoms with Gasteiger partial charge in [0.15, 0.2) is 23.0 Å². The third kappa shape index (κ3) is 6.03. The highest BCUT2D eigenvalue weighted by molar-refractivity contribution is 5.95. The molecular weight excluding hydrogens is 468 g/mol. The third-order valence-corrected chi connectivity index (χ3v) is 5.02. The van der Waals surface area contributed by atoms with Gasteiger partial charge < -0.3 is 28.4 Å². The molecule has 1 amide bonds. The summed E-state index contributed by atoms with van der Waals surface area (Å²) in [7, 11) is 7.40. The first kappa shape index (κ1) is 25.9. The molecule has 0 atom stereocenters. The van der Waals surface area contributed by atoms with Crippen LogP contribution < -0.4 is 33.8 Å². The molecule has 0 aliphatic heterocycles. The second-order valence-corrected chi connectivity index (χ2v) is 7.14. The van der Waals surface area contributed by atoms with E-state index in [1.807, 2.05) is 0 Å². The van der Waals surface area contributed by atoms with Crippen LogP contribution in [0.2, 0.25) is 0 Å². The van der Waals surface area contributed by atoms with Crippen LogP contribution in [0, 0.1) is 0 Å². The normalized spacial score (nSPS) is 10.5. The van der Waals surface area contributed by atoms with E-state index < -0.39 is 11.9 Å². The molecule has 3 aromatic carbocycles. The van der Waals surface area contributed by atoms with Crippen LogP contribution in [0.25, 0.3) is 0 Å². The van der Waals surface area contributed by atoms with Gasteiger partial charge in [0.05, 0.1) is 47.3 Å². The average molecular weight is 495 g/mol. The molecule has 3 rings (SSSR count). The van der Waals surface area contributed by atoms with Crippen molar-refractivity contribution in [2.24, 2.45) is 5.10 Å². The highest BCUT2D eigenvalue weighted by Crippen LogP contribution is 2.38. The minimum absolute atomic E-state index is 0.230. The van der Waals surface area contributed by atoms with E-state index in [4.69, 9.17) is 28.4 Å². The van der Waals surface area contributed by atoms with Crippen molar-refractivity contribution >= 4 is 18.1 Å². The molecule has 0 heterocycles. The van der Waals surface area contributed by atoms with Crippen molar-refractivity contribution in [2.45, 2.75) is 0 Å². The summed E-state index contributed by atoms with van der Waals surface area (Å²) >= 11 is 0. The van der Waals surface area contributed by atoms with Gasteiger partial charge in [-0.15, -0.1) is 0 Å². The average Bonchev–Trinajstić information content (AvgIpc) is 2.92. The summed E-state index contributed by atoms with van der Waals surface area (Å²) in [5.74, 6) is 1.31. The maximum atomic E-state index is 12.6. The number of carbonyl (C=O) groups is 2. The van der Waals surface area contributed by atoms with Gasteiger partial charge in [0, 0.05) is 5.56 Å². The summed E-state index contributed by atoms with van der Waals surface area (Å²) in [6.07, 6.45) is 1.46. The van der Waals surface area contributed by atoms with Gasteiger partial charge in [0.1, 0.15) is 5.75 Å². The molecule has 10 heteroatoms. The molecule has 0 saturated heterocycles. The van der Waals surface area contributed by atoms with E-state index in [-0.39, 0.29) is 5.56 Å². The second-order valence-electron chi connectivity index (χ2n) is 7.14. The molecule has 0 fully saturated rings. The van der Waals surface area contributed by atoms with Crippen LogP contribution in [0.15, 0.2) is 59.7 Å². The molecule has 0 bridgehead atoms. The number of amides is 1. The van der Waals surface area contributed by atoms with Gasteiger partial charge in [-0.3, -0.25) is 4.79 Å². The zero-order chi connectivity index (χ0) is 26.1. The van der Waals surface area contributed by atoms with Crippen molar-refractivity contribution in [1.29, 1.82) is 0 Å². The number of methoxy groups -OCH3 is 5. The van der Waals surface area contributed by atoms with Crippen molar-refractivity contribution in [2.75, 3.05) is 35.5 Å². The summed E-state index contributed by atoms with van der Waals surface area (Å²) in [5.41, 5.74) is 3.72. The summed E-state index contributed by atoms with van der Waals surface area (Å²) in [6, 6.07) is 14.4. The molecule has 0 spiro atoms. The Morgan fingerprint density at radius 2 is 1.28 bits per heavy atom. The van der Waals surface area contributed by atoms with Crippen molar-refractivity contribution in [3.8, 4) is 34.5 Å². The molecule has 188 valence electrons. The predicted octanol–water partition coefficient (Wildman–Crippen LogP) is 3.71. The van der Waals surface area contributed by atoms with Crippen molar-refractivity contribution in [3.63, 3.8) is 0 Å². The molecule has 0 aromatic heterocycles. The number of rotatable bonds is 10. The highest BCUT2D eigenvalue weighted by atomic mass is 16.5. The quantitative estimate of drug-likeness (QED) is 0.196. The smallest absolute Gasteiger partial charge is 0.343 e. The van der Waals surface area contributed by atoms with Crippen LogP contribution in [0.5, 0.6) is 34.5 Å². The lowest BCUT2D eigenvalue weighted by molar-refractivity contribution is 0.0733. The first-order valence-electron chi connectivity index (χ1n) is 10.6. The Labute approximate surface area is 208 Å². The molecule has 36 heavy (non-hydrogen) atoms. The fraction of sp³-hybridized carbons (Fsp3) is 0.192. The van der Waals surface area contributed by atoms with Crippen molar-refractivity contribution < 1.29 is 38.0 Å². The number of hydrazone groups is 1. The van der Waals surface area contributed by atoms with Crippen LogP contribution >= 0.6 is 0 Å².